The van der Waals surface area contributed by atoms with Crippen molar-refractivity contribution in [2.45, 2.75) is 57.0 Å². The summed E-state index contributed by atoms with van der Waals surface area (Å²) in [6.07, 6.45) is 6.92. The Labute approximate surface area is 169 Å². The number of likely N-dealkylation sites (tertiary alicyclic amines) is 1. The molecule has 0 amide bonds. The molecule has 1 saturated heterocycles. The lowest BCUT2D eigenvalue weighted by Crippen LogP contribution is -3.00. The van der Waals surface area contributed by atoms with Crippen molar-refractivity contribution >= 4 is 5.97 Å². The molecule has 2 aliphatic rings. The van der Waals surface area contributed by atoms with Crippen molar-refractivity contribution in [3.8, 4) is 0 Å². The third kappa shape index (κ3) is 4.57. The second-order valence-corrected chi connectivity index (χ2v) is 8.56. The van der Waals surface area contributed by atoms with Crippen LogP contribution in [0, 0.1) is 5.92 Å². The van der Waals surface area contributed by atoms with Crippen LogP contribution in [-0.2, 0) is 14.9 Å². The van der Waals surface area contributed by atoms with E-state index in [9.17, 15) is 4.79 Å². The zero-order valence-electron chi connectivity index (χ0n) is 15.8. The minimum absolute atomic E-state index is 0. The van der Waals surface area contributed by atoms with Crippen LogP contribution >= 0.6 is 0 Å². The average Bonchev–Trinajstić information content (AvgIpc) is 3.09. The highest BCUT2D eigenvalue weighted by atomic mass is 127. The summed E-state index contributed by atoms with van der Waals surface area (Å²) >= 11 is 0. The number of likely N-dealkylation sites (N-methyl/N-ethyl adjacent to an activating group) is 1. The number of ether oxygens (including phenoxy) is 1. The van der Waals surface area contributed by atoms with Crippen molar-refractivity contribution in [2.75, 3.05) is 27.2 Å². The van der Waals surface area contributed by atoms with E-state index >= 15 is 0 Å². The van der Waals surface area contributed by atoms with Crippen molar-refractivity contribution in [3.05, 3.63) is 35.9 Å². The number of halogens is 1. The van der Waals surface area contributed by atoms with Crippen molar-refractivity contribution in [2.24, 2.45) is 5.92 Å². The van der Waals surface area contributed by atoms with Crippen LogP contribution in [0.1, 0.15) is 51.0 Å². The van der Waals surface area contributed by atoms with Crippen LogP contribution in [-0.4, -0.2) is 43.7 Å². The van der Waals surface area contributed by atoms with Gasteiger partial charge < -0.3 is 33.2 Å². The Morgan fingerprint density at radius 1 is 1.08 bits per heavy atom. The average molecular weight is 457 g/mol. The van der Waals surface area contributed by atoms with Gasteiger partial charge in [-0.2, -0.15) is 0 Å². The van der Waals surface area contributed by atoms with Crippen molar-refractivity contribution in [1.29, 1.82) is 0 Å². The van der Waals surface area contributed by atoms with E-state index in [-0.39, 0.29) is 36.0 Å². The Hall–Kier alpha value is -0.620. The zero-order valence-corrected chi connectivity index (χ0v) is 18.0. The molecule has 1 aromatic carbocycles. The first-order chi connectivity index (χ1) is 11.4. The fourth-order valence-electron chi connectivity index (χ4n) is 4.66. The minimum atomic E-state index is -0.508. The Morgan fingerprint density at radius 3 is 2.32 bits per heavy atom. The highest BCUT2D eigenvalue weighted by molar-refractivity contribution is 5.83. The number of rotatable bonds is 4. The summed E-state index contributed by atoms with van der Waals surface area (Å²) in [6, 6.07) is 10.3. The molecule has 2 fully saturated rings. The van der Waals surface area contributed by atoms with Gasteiger partial charge in [0.25, 0.3) is 0 Å². The van der Waals surface area contributed by atoms with Crippen LogP contribution in [0.4, 0.5) is 0 Å². The quantitative estimate of drug-likeness (QED) is 0.382. The van der Waals surface area contributed by atoms with E-state index in [2.05, 4.69) is 33.2 Å². The lowest BCUT2D eigenvalue weighted by Gasteiger charge is -2.40. The van der Waals surface area contributed by atoms with Crippen LogP contribution in [0.5, 0.6) is 0 Å². The minimum Gasteiger partial charge on any atom is -1.00 e. The summed E-state index contributed by atoms with van der Waals surface area (Å²) in [5, 5.41) is 0. The van der Waals surface area contributed by atoms with Gasteiger partial charge in [-0.3, -0.25) is 4.79 Å². The summed E-state index contributed by atoms with van der Waals surface area (Å²) in [5.74, 6) is 0.394. The van der Waals surface area contributed by atoms with E-state index in [0.717, 1.165) is 42.3 Å². The van der Waals surface area contributed by atoms with Crippen LogP contribution in [0.15, 0.2) is 30.3 Å². The number of quaternary nitrogens is 1. The molecule has 3 rings (SSSR count). The topological polar surface area (TPSA) is 26.3 Å². The van der Waals surface area contributed by atoms with Gasteiger partial charge in [-0.25, -0.2) is 0 Å². The molecule has 0 radical (unpaired) electrons. The first-order valence-corrected chi connectivity index (χ1v) is 9.50. The molecular formula is C21H32INO2. The van der Waals surface area contributed by atoms with Gasteiger partial charge in [0, 0.05) is 6.42 Å². The molecule has 0 bridgehead atoms. The molecule has 25 heavy (non-hydrogen) atoms. The van der Waals surface area contributed by atoms with Gasteiger partial charge in [0.2, 0.25) is 0 Å². The third-order valence-corrected chi connectivity index (χ3v) is 6.23. The number of hydrogen-bond donors (Lipinski definition) is 0. The fourth-order valence-corrected chi connectivity index (χ4v) is 4.66. The molecule has 0 N–H and O–H groups in total. The summed E-state index contributed by atoms with van der Waals surface area (Å²) in [4.78, 5) is 13.3. The lowest BCUT2D eigenvalue weighted by atomic mass is 9.71. The summed E-state index contributed by atoms with van der Waals surface area (Å²) in [5.41, 5.74) is 0.610. The molecule has 2 atom stereocenters. The van der Waals surface area contributed by atoms with Gasteiger partial charge in [-0.05, 0) is 37.7 Å². The predicted octanol–water partition coefficient (Wildman–Crippen LogP) is 0.921. The molecule has 1 aromatic rings. The van der Waals surface area contributed by atoms with E-state index in [1.807, 2.05) is 18.2 Å². The number of benzene rings is 1. The second kappa shape index (κ2) is 8.38. The van der Waals surface area contributed by atoms with Gasteiger partial charge in [0.05, 0.1) is 26.1 Å². The molecule has 140 valence electrons. The highest BCUT2D eigenvalue weighted by Crippen LogP contribution is 2.43. The van der Waals surface area contributed by atoms with E-state index in [1.54, 1.807) is 0 Å². The SMILES string of the molecule is C[C@@](C(=O)O[C@H]1CCC[N+](C)(C)C1)(c1ccccc1)C1CCCC1.[I-]. The summed E-state index contributed by atoms with van der Waals surface area (Å²) < 4.78 is 7.05. The van der Waals surface area contributed by atoms with Crippen LogP contribution in [0.2, 0.25) is 0 Å². The van der Waals surface area contributed by atoms with Gasteiger partial charge in [-0.15, -0.1) is 0 Å². The van der Waals surface area contributed by atoms with Gasteiger partial charge in [0.1, 0.15) is 6.54 Å². The van der Waals surface area contributed by atoms with Crippen molar-refractivity contribution in [3.63, 3.8) is 0 Å². The number of hydrogen-bond acceptors (Lipinski definition) is 2. The number of carbonyl (C=O) groups is 1. The molecule has 1 aliphatic carbocycles. The Morgan fingerprint density at radius 2 is 1.72 bits per heavy atom. The summed E-state index contributed by atoms with van der Waals surface area (Å²) in [6.45, 7) is 4.22. The molecule has 1 aliphatic heterocycles. The molecule has 3 nitrogen and oxygen atoms in total. The van der Waals surface area contributed by atoms with Gasteiger partial charge >= 0.3 is 5.97 Å². The largest absolute Gasteiger partial charge is 1.00 e. The second-order valence-electron chi connectivity index (χ2n) is 8.56. The third-order valence-electron chi connectivity index (χ3n) is 6.23. The number of carbonyl (C=O) groups excluding carboxylic acids is 1. The molecule has 0 aromatic heterocycles. The predicted molar refractivity (Wildman–Crippen MR) is 96.7 cm³/mol. The maximum atomic E-state index is 13.3. The van der Waals surface area contributed by atoms with Crippen LogP contribution in [0.3, 0.4) is 0 Å². The maximum Gasteiger partial charge on any atom is 0.317 e. The standard InChI is InChI=1S/C21H32NO2.HI/c1-21(18-12-7-8-13-18,17-10-5-4-6-11-17)20(23)24-19-14-9-15-22(2,3)16-19;/h4-6,10-11,18-19H,7-9,12-16H2,1-3H3;1H/q+1;/p-1/t19-,21+;/m0./s1. The van der Waals surface area contributed by atoms with Crippen molar-refractivity contribution < 1.29 is 38.0 Å². The monoisotopic (exact) mass is 457 g/mol. The van der Waals surface area contributed by atoms with Crippen molar-refractivity contribution in [1.82, 2.24) is 0 Å². The van der Waals surface area contributed by atoms with Gasteiger partial charge in [0.15, 0.2) is 6.10 Å². The smallest absolute Gasteiger partial charge is 0.317 e. The lowest BCUT2D eigenvalue weighted by molar-refractivity contribution is -0.898. The van der Waals surface area contributed by atoms with Crippen LogP contribution < -0.4 is 24.0 Å². The summed E-state index contributed by atoms with van der Waals surface area (Å²) in [7, 11) is 4.46. The molecule has 1 saturated carbocycles. The Balaban J connectivity index is 0.00000225. The zero-order chi connectivity index (χ0) is 17.2. The Kier molecular flexibility index (Phi) is 6.94. The molecular weight excluding hydrogens is 425 g/mol. The van der Waals surface area contributed by atoms with E-state index < -0.39 is 5.41 Å². The maximum absolute atomic E-state index is 13.3. The molecule has 1 heterocycles. The molecule has 0 spiro atoms. The number of esters is 1. The van der Waals surface area contributed by atoms with Crippen LogP contribution in [0.25, 0.3) is 0 Å². The fraction of sp³-hybridized carbons (Fsp3) is 0.667. The van der Waals surface area contributed by atoms with E-state index in [4.69, 9.17) is 4.74 Å². The first-order valence-electron chi connectivity index (χ1n) is 9.50. The normalized spacial score (nSPS) is 25.6. The van der Waals surface area contributed by atoms with E-state index in [1.165, 1.54) is 19.4 Å². The number of nitrogens with zero attached hydrogens (tertiary/aromatic N) is 1. The first kappa shape index (κ1) is 20.7. The highest BCUT2D eigenvalue weighted by Gasteiger charge is 2.46. The Bertz CT molecular complexity index is 569. The number of piperidine rings is 1. The molecule has 4 heteroatoms. The van der Waals surface area contributed by atoms with E-state index in [0.29, 0.717) is 5.92 Å². The molecule has 0 unspecified atom stereocenters. The van der Waals surface area contributed by atoms with Gasteiger partial charge in [-0.1, -0.05) is 43.2 Å².